The van der Waals surface area contributed by atoms with Crippen molar-refractivity contribution in [2.24, 2.45) is 10.9 Å². The first-order chi connectivity index (χ1) is 8.88. The number of guanidine groups is 1. The van der Waals surface area contributed by atoms with Gasteiger partial charge >= 0.3 is 0 Å². The van der Waals surface area contributed by atoms with Gasteiger partial charge < -0.3 is 15.4 Å². The topological polar surface area (TPSA) is 45.7 Å². The molecule has 1 aliphatic carbocycles. The average Bonchev–Trinajstić information content (AvgIpc) is 3.23. The van der Waals surface area contributed by atoms with E-state index < -0.39 is 0 Å². The first kappa shape index (κ1) is 12.7. The van der Waals surface area contributed by atoms with Gasteiger partial charge in [-0.25, -0.2) is 0 Å². The Hall–Kier alpha value is -1.71. The molecule has 0 unspecified atom stereocenters. The van der Waals surface area contributed by atoms with E-state index in [4.69, 9.17) is 4.74 Å². The zero-order valence-corrected chi connectivity index (χ0v) is 10.9. The SMILES string of the molecule is CN=C(NCCOc1ccccc1)NCC1CC1. The fourth-order valence-electron chi connectivity index (χ4n) is 1.64. The Morgan fingerprint density at radius 2 is 2.06 bits per heavy atom. The number of aliphatic imine (C=N–C) groups is 1. The van der Waals surface area contributed by atoms with Crippen LogP contribution in [0.25, 0.3) is 0 Å². The van der Waals surface area contributed by atoms with E-state index in [0.29, 0.717) is 6.61 Å². The number of hydrogen-bond acceptors (Lipinski definition) is 2. The minimum Gasteiger partial charge on any atom is -0.492 e. The van der Waals surface area contributed by atoms with E-state index >= 15 is 0 Å². The molecule has 1 aromatic rings. The Kier molecular flexibility index (Phi) is 4.88. The third-order valence-electron chi connectivity index (χ3n) is 2.89. The van der Waals surface area contributed by atoms with Crippen LogP contribution in [0.15, 0.2) is 35.3 Å². The van der Waals surface area contributed by atoms with Crippen LogP contribution in [-0.4, -0.2) is 32.7 Å². The van der Waals surface area contributed by atoms with E-state index in [0.717, 1.165) is 30.7 Å². The lowest BCUT2D eigenvalue weighted by Crippen LogP contribution is -2.40. The Balaban J connectivity index is 1.58. The second-order valence-electron chi connectivity index (χ2n) is 4.48. The van der Waals surface area contributed by atoms with E-state index in [2.05, 4.69) is 15.6 Å². The summed E-state index contributed by atoms with van der Waals surface area (Å²) in [7, 11) is 1.79. The Labute approximate surface area is 108 Å². The third-order valence-corrected chi connectivity index (χ3v) is 2.89. The quantitative estimate of drug-likeness (QED) is 0.456. The maximum absolute atomic E-state index is 5.59. The van der Waals surface area contributed by atoms with Gasteiger partial charge in [0, 0.05) is 13.6 Å². The zero-order chi connectivity index (χ0) is 12.6. The van der Waals surface area contributed by atoms with Crippen LogP contribution >= 0.6 is 0 Å². The highest BCUT2D eigenvalue weighted by Crippen LogP contribution is 2.27. The first-order valence-electron chi connectivity index (χ1n) is 6.51. The summed E-state index contributed by atoms with van der Waals surface area (Å²) in [6, 6.07) is 9.84. The van der Waals surface area contributed by atoms with Gasteiger partial charge in [0.15, 0.2) is 5.96 Å². The Morgan fingerprint density at radius 3 is 2.72 bits per heavy atom. The largest absolute Gasteiger partial charge is 0.492 e. The van der Waals surface area contributed by atoms with Gasteiger partial charge in [-0.1, -0.05) is 18.2 Å². The molecule has 4 heteroatoms. The molecule has 0 bridgehead atoms. The predicted octanol–water partition coefficient (Wildman–Crippen LogP) is 1.64. The fraction of sp³-hybridized carbons (Fsp3) is 0.500. The van der Waals surface area contributed by atoms with Crippen molar-refractivity contribution in [2.45, 2.75) is 12.8 Å². The number of para-hydroxylation sites is 1. The lowest BCUT2D eigenvalue weighted by Gasteiger charge is -2.12. The third kappa shape index (κ3) is 4.65. The molecule has 0 saturated heterocycles. The van der Waals surface area contributed by atoms with Gasteiger partial charge in [0.05, 0.1) is 6.54 Å². The number of nitrogens with zero attached hydrogens (tertiary/aromatic N) is 1. The second-order valence-corrected chi connectivity index (χ2v) is 4.48. The van der Waals surface area contributed by atoms with E-state index in [-0.39, 0.29) is 0 Å². The molecule has 98 valence electrons. The number of benzene rings is 1. The van der Waals surface area contributed by atoms with Crippen molar-refractivity contribution in [2.75, 3.05) is 26.7 Å². The van der Waals surface area contributed by atoms with Gasteiger partial charge in [-0.15, -0.1) is 0 Å². The summed E-state index contributed by atoms with van der Waals surface area (Å²) in [5, 5.41) is 6.55. The van der Waals surface area contributed by atoms with Gasteiger partial charge in [0.25, 0.3) is 0 Å². The van der Waals surface area contributed by atoms with E-state index in [1.54, 1.807) is 7.05 Å². The highest BCUT2D eigenvalue weighted by atomic mass is 16.5. The summed E-state index contributed by atoms with van der Waals surface area (Å²) in [5.41, 5.74) is 0. The molecule has 0 amide bonds. The lowest BCUT2D eigenvalue weighted by molar-refractivity contribution is 0.322. The van der Waals surface area contributed by atoms with Gasteiger partial charge in [0.2, 0.25) is 0 Å². The molecule has 1 saturated carbocycles. The highest BCUT2D eigenvalue weighted by Gasteiger charge is 2.20. The van der Waals surface area contributed by atoms with Crippen molar-refractivity contribution in [3.63, 3.8) is 0 Å². The number of nitrogens with one attached hydrogen (secondary N) is 2. The van der Waals surface area contributed by atoms with E-state index in [9.17, 15) is 0 Å². The molecule has 2 N–H and O–H groups in total. The predicted molar refractivity (Wildman–Crippen MR) is 74.0 cm³/mol. The summed E-state index contributed by atoms with van der Waals surface area (Å²) in [5.74, 6) is 2.61. The van der Waals surface area contributed by atoms with Crippen molar-refractivity contribution < 1.29 is 4.74 Å². The maximum atomic E-state index is 5.59. The zero-order valence-electron chi connectivity index (χ0n) is 10.9. The van der Waals surface area contributed by atoms with Crippen molar-refractivity contribution in [1.82, 2.24) is 10.6 Å². The Morgan fingerprint density at radius 1 is 1.28 bits per heavy atom. The minimum absolute atomic E-state index is 0.633. The molecule has 18 heavy (non-hydrogen) atoms. The molecule has 0 radical (unpaired) electrons. The molecule has 0 spiro atoms. The molecule has 2 rings (SSSR count). The van der Waals surface area contributed by atoms with Gasteiger partial charge in [-0.3, -0.25) is 4.99 Å². The minimum atomic E-state index is 0.633. The average molecular weight is 247 g/mol. The number of rotatable bonds is 6. The standard InChI is InChI=1S/C14H21N3O/c1-15-14(17-11-12-7-8-12)16-9-10-18-13-5-3-2-4-6-13/h2-6,12H,7-11H2,1H3,(H2,15,16,17). The molecule has 0 aliphatic heterocycles. The van der Waals surface area contributed by atoms with E-state index in [1.807, 2.05) is 30.3 Å². The van der Waals surface area contributed by atoms with Gasteiger partial charge in [-0.05, 0) is 30.9 Å². The van der Waals surface area contributed by atoms with Gasteiger partial charge in [-0.2, -0.15) is 0 Å². The molecule has 1 fully saturated rings. The lowest BCUT2D eigenvalue weighted by atomic mass is 10.3. The normalized spacial score (nSPS) is 15.3. The van der Waals surface area contributed by atoms with Crippen molar-refractivity contribution in [3.8, 4) is 5.75 Å². The summed E-state index contributed by atoms with van der Waals surface area (Å²) >= 11 is 0. The van der Waals surface area contributed by atoms with E-state index in [1.165, 1.54) is 12.8 Å². The van der Waals surface area contributed by atoms with Crippen LogP contribution < -0.4 is 15.4 Å². The summed E-state index contributed by atoms with van der Waals surface area (Å²) < 4.78 is 5.59. The summed E-state index contributed by atoms with van der Waals surface area (Å²) in [6.45, 7) is 2.41. The molecule has 4 nitrogen and oxygen atoms in total. The van der Waals surface area contributed by atoms with Crippen LogP contribution in [-0.2, 0) is 0 Å². The smallest absolute Gasteiger partial charge is 0.191 e. The highest BCUT2D eigenvalue weighted by molar-refractivity contribution is 5.79. The van der Waals surface area contributed by atoms with Crippen LogP contribution in [0.1, 0.15) is 12.8 Å². The fourth-order valence-corrected chi connectivity index (χ4v) is 1.64. The van der Waals surface area contributed by atoms with Crippen molar-refractivity contribution in [1.29, 1.82) is 0 Å². The van der Waals surface area contributed by atoms with Crippen LogP contribution in [0.4, 0.5) is 0 Å². The van der Waals surface area contributed by atoms with Crippen LogP contribution in [0.2, 0.25) is 0 Å². The van der Waals surface area contributed by atoms with Crippen LogP contribution in [0.5, 0.6) is 5.75 Å². The molecular weight excluding hydrogens is 226 g/mol. The van der Waals surface area contributed by atoms with Gasteiger partial charge in [0.1, 0.15) is 12.4 Å². The second kappa shape index (κ2) is 6.89. The van der Waals surface area contributed by atoms with Crippen LogP contribution in [0, 0.1) is 5.92 Å². The molecule has 0 heterocycles. The summed E-state index contributed by atoms with van der Waals surface area (Å²) in [6.07, 6.45) is 2.70. The van der Waals surface area contributed by atoms with Crippen LogP contribution in [0.3, 0.4) is 0 Å². The molecule has 1 aromatic carbocycles. The monoisotopic (exact) mass is 247 g/mol. The van der Waals surface area contributed by atoms with Crippen molar-refractivity contribution in [3.05, 3.63) is 30.3 Å². The molecule has 0 atom stereocenters. The molecule has 0 aromatic heterocycles. The maximum Gasteiger partial charge on any atom is 0.191 e. The number of hydrogen-bond donors (Lipinski definition) is 2. The number of ether oxygens (including phenoxy) is 1. The molecule has 1 aliphatic rings. The molecular formula is C14H21N3O. The van der Waals surface area contributed by atoms with Crippen molar-refractivity contribution >= 4 is 5.96 Å². The summed E-state index contributed by atoms with van der Waals surface area (Å²) in [4.78, 5) is 4.17. The Bertz CT molecular complexity index is 374. The first-order valence-corrected chi connectivity index (χ1v) is 6.51.